The minimum Gasteiger partial charge on any atom is -0.464 e. The van der Waals surface area contributed by atoms with Crippen molar-refractivity contribution < 1.29 is 9.84 Å². The molecule has 5 rings (SSSR count). The Labute approximate surface area is 218 Å². The molecule has 0 amide bonds. The molecule has 0 bridgehead atoms. The van der Waals surface area contributed by atoms with Crippen LogP contribution in [0.2, 0.25) is 0 Å². The van der Waals surface area contributed by atoms with E-state index in [1.54, 1.807) is 6.20 Å². The van der Waals surface area contributed by atoms with Gasteiger partial charge in [-0.1, -0.05) is 31.2 Å². The summed E-state index contributed by atoms with van der Waals surface area (Å²) in [6.45, 7) is 10.1. The number of aromatic nitrogens is 3. The SMILES string of the molecule is CCN1CCC[C@@H](COc2nc(-c3ccc(C#N)cc3)c(-c3cc(C)c(CO)c(C)c3)c3nccn23)C1. The van der Waals surface area contributed by atoms with Gasteiger partial charge in [0.1, 0.15) is 0 Å². The second-order valence-corrected chi connectivity index (χ2v) is 9.89. The van der Waals surface area contributed by atoms with E-state index in [-0.39, 0.29) is 6.61 Å². The molecule has 0 spiro atoms. The van der Waals surface area contributed by atoms with Crippen LogP contribution < -0.4 is 4.74 Å². The molecule has 190 valence electrons. The first-order chi connectivity index (χ1) is 18.0. The number of benzene rings is 2. The summed E-state index contributed by atoms with van der Waals surface area (Å²) in [5.41, 5.74) is 7.86. The standard InChI is InChI=1S/C30H33N5O2/c1-4-34-12-5-6-23(17-34)19-37-30-33-28(24-9-7-22(16-31)8-10-24)27(29-32-11-13-35(29)30)25-14-20(2)26(18-36)21(3)15-25/h7-11,13-15,23,36H,4-6,12,17-19H2,1-3H3/t23-/m1/s1. The third-order valence-corrected chi connectivity index (χ3v) is 7.44. The number of fused-ring (bicyclic) bond motifs is 1. The van der Waals surface area contributed by atoms with E-state index in [9.17, 15) is 10.4 Å². The van der Waals surface area contributed by atoms with Crippen molar-refractivity contribution in [3.63, 3.8) is 0 Å². The lowest BCUT2D eigenvalue weighted by molar-refractivity contribution is 0.129. The van der Waals surface area contributed by atoms with Crippen molar-refractivity contribution in [3.05, 3.63) is 71.0 Å². The average molecular weight is 496 g/mol. The lowest BCUT2D eigenvalue weighted by Gasteiger charge is -2.31. The highest BCUT2D eigenvalue weighted by Crippen LogP contribution is 2.37. The first-order valence-corrected chi connectivity index (χ1v) is 13.0. The maximum atomic E-state index is 9.84. The van der Waals surface area contributed by atoms with E-state index in [0.717, 1.165) is 70.8 Å². The topological polar surface area (TPSA) is 86.7 Å². The molecule has 1 atom stereocenters. The summed E-state index contributed by atoms with van der Waals surface area (Å²) in [6, 6.07) is 14.3. The number of nitriles is 1. The maximum absolute atomic E-state index is 9.84. The Balaban J connectivity index is 1.63. The third-order valence-electron chi connectivity index (χ3n) is 7.44. The summed E-state index contributed by atoms with van der Waals surface area (Å²) in [4.78, 5) is 12.3. The van der Waals surface area contributed by atoms with E-state index in [0.29, 0.717) is 24.1 Å². The summed E-state index contributed by atoms with van der Waals surface area (Å²) in [6.07, 6.45) is 6.01. The Hall–Kier alpha value is -3.73. The molecule has 0 unspecified atom stereocenters. The van der Waals surface area contributed by atoms with Gasteiger partial charge in [0, 0.05) is 30.4 Å². The fourth-order valence-corrected chi connectivity index (χ4v) is 5.39. The highest BCUT2D eigenvalue weighted by atomic mass is 16.5. The molecule has 1 saturated heterocycles. The molecule has 2 aromatic heterocycles. The Kier molecular flexibility index (Phi) is 7.22. The number of ether oxygens (including phenoxy) is 1. The van der Waals surface area contributed by atoms with Gasteiger partial charge >= 0.3 is 6.01 Å². The lowest BCUT2D eigenvalue weighted by Crippen LogP contribution is -2.37. The van der Waals surface area contributed by atoms with E-state index in [4.69, 9.17) is 14.7 Å². The van der Waals surface area contributed by atoms with Crippen LogP contribution in [0.1, 0.15) is 42.0 Å². The quantitative estimate of drug-likeness (QED) is 0.381. The van der Waals surface area contributed by atoms with Gasteiger partial charge in [0.25, 0.3) is 0 Å². The van der Waals surface area contributed by atoms with Gasteiger partial charge in [-0.05, 0) is 74.2 Å². The van der Waals surface area contributed by atoms with Gasteiger partial charge in [-0.3, -0.25) is 4.40 Å². The molecule has 1 aliphatic heterocycles. The third kappa shape index (κ3) is 4.95. The molecule has 4 aromatic rings. The van der Waals surface area contributed by atoms with Crippen LogP contribution in [-0.4, -0.2) is 50.6 Å². The predicted molar refractivity (Wildman–Crippen MR) is 144 cm³/mol. The first-order valence-electron chi connectivity index (χ1n) is 13.0. The monoisotopic (exact) mass is 495 g/mol. The Morgan fingerprint density at radius 3 is 2.57 bits per heavy atom. The first kappa shape index (κ1) is 24.9. The van der Waals surface area contributed by atoms with Crippen LogP contribution in [0.15, 0.2) is 48.8 Å². The number of nitrogens with zero attached hydrogens (tertiary/aromatic N) is 5. The predicted octanol–water partition coefficient (Wildman–Crippen LogP) is 5.15. The number of piperidine rings is 1. The largest absolute Gasteiger partial charge is 0.464 e. The number of aryl methyl sites for hydroxylation is 2. The zero-order valence-electron chi connectivity index (χ0n) is 21.7. The van der Waals surface area contributed by atoms with Crippen molar-refractivity contribution >= 4 is 5.65 Å². The number of likely N-dealkylation sites (tertiary alicyclic amines) is 1. The Bertz CT molecular complexity index is 1430. The van der Waals surface area contributed by atoms with E-state index in [2.05, 4.69) is 30.0 Å². The van der Waals surface area contributed by atoms with Gasteiger partial charge in [-0.25, -0.2) is 4.98 Å². The summed E-state index contributed by atoms with van der Waals surface area (Å²) < 4.78 is 8.32. The summed E-state index contributed by atoms with van der Waals surface area (Å²) in [5.74, 6) is 0.462. The van der Waals surface area contributed by atoms with Crippen molar-refractivity contribution in [2.45, 2.75) is 40.2 Å². The van der Waals surface area contributed by atoms with Crippen LogP contribution >= 0.6 is 0 Å². The number of imidazole rings is 1. The maximum Gasteiger partial charge on any atom is 0.302 e. The zero-order chi connectivity index (χ0) is 25.9. The van der Waals surface area contributed by atoms with Crippen molar-refractivity contribution in [1.82, 2.24) is 19.3 Å². The van der Waals surface area contributed by atoms with Gasteiger partial charge in [0.2, 0.25) is 0 Å². The molecule has 0 aliphatic carbocycles. The van der Waals surface area contributed by atoms with E-state index in [1.165, 1.54) is 6.42 Å². The Morgan fingerprint density at radius 1 is 1.14 bits per heavy atom. The minimum atomic E-state index is 0.000861. The molecular formula is C30H33N5O2. The molecule has 37 heavy (non-hydrogen) atoms. The summed E-state index contributed by atoms with van der Waals surface area (Å²) >= 11 is 0. The second-order valence-electron chi connectivity index (χ2n) is 9.89. The molecule has 2 aromatic carbocycles. The minimum absolute atomic E-state index is 0.000861. The number of aliphatic hydroxyl groups is 1. The van der Waals surface area contributed by atoms with Crippen LogP contribution in [0.25, 0.3) is 28.0 Å². The second kappa shape index (κ2) is 10.7. The van der Waals surface area contributed by atoms with Crippen LogP contribution in [0.3, 0.4) is 0 Å². The van der Waals surface area contributed by atoms with Gasteiger partial charge in [0.15, 0.2) is 5.65 Å². The van der Waals surface area contributed by atoms with Crippen molar-refractivity contribution in [1.29, 1.82) is 5.26 Å². The van der Waals surface area contributed by atoms with Crippen molar-refractivity contribution in [2.75, 3.05) is 26.2 Å². The number of hydrogen-bond acceptors (Lipinski definition) is 6. The van der Waals surface area contributed by atoms with E-state index < -0.39 is 0 Å². The molecule has 7 nitrogen and oxygen atoms in total. The van der Waals surface area contributed by atoms with Gasteiger partial charge < -0.3 is 14.7 Å². The van der Waals surface area contributed by atoms with Crippen LogP contribution in [0.5, 0.6) is 6.01 Å². The van der Waals surface area contributed by atoms with Gasteiger partial charge in [0.05, 0.1) is 36.1 Å². The number of hydrogen-bond donors (Lipinski definition) is 1. The Morgan fingerprint density at radius 2 is 1.89 bits per heavy atom. The highest BCUT2D eigenvalue weighted by Gasteiger charge is 2.23. The fraction of sp³-hybridized carbons (Fsp3) is 0.367. The van der Waals surface area contributed by atoms with Crippen LogP contribution in [0.4, 0.5) is 0 Å². The number of aliphatic hydroxyl groups excluding tert-OH is 1. The van der Waals surface area contributed by atoms with Crippen LogP contribution in [-0.2, 0) is 6.61 Å². The van der Waals surface area contributed by atoms with Gasteiger partial charge in [-0.2, -0.15) is 10.2 Å². The summed E-state index contributed by atoms with van der Waals surface area (Å²) in [7, 11) is 0. The molecule has 1 fully saturated rings. The van der Waals surface area contributed by atoms with Gasteiger partial charge in [-0.15, -0.1) is 0 Å². The molecule has 1 N–H and O–H groups in total. The molecule has 7 heteroatoms. The fourth-order valence-electron chi connectivity index (χ4n) is 5.39. The van der Waals surface area contributed by atoms with Crippen molar-refractivity contribution in [3.8, 4) is 34.5 Å². The van der Waals surface area contributed by atoms with Crippen molar-refractivity contribution in [2.24, 2.45) is 5.92 Å². The number of rotatable bonds is 7. The molecule has 0 saturated carbocycles. The van der Waals surface area contributed by atoms with Crippen LogP contribution in [0, 0.1) is 31.1 Å². The molecule has 3 heterocycles. The average Bonchev–Trinajstić information content (AvgIpc) is 3.41. The van der Waals surface area contributed by atoms with E-state index in [1.807, 2.05) is 48.7 Å². The molecule has 0 radical (unpaired) electrons. The molecular weight excluding hydrogens is 462 g/mol. The summed E-state index contributed by atoms with van der Waals surface area (Å²) in [5, 5.41) is 19.1. The highest BCUT2D eigenvalue weighted by molar-refractivity contribution is 5.91. The normalized spacial score (nSPS) is 16.1. The molecule has 1 aliphatic rings. The lowest BCUT2D eigenvalue weighted by atomic mass is 9.93. The van der Waals surface area contributed by atoms with E-state index >= 15 is 0 Å². The smallest absolute Gasteiger partial charge is 0.302 e. The zero-order valence-corrected chi connectivity index (χ0v) is 21.7.